The Morgan fingerprint density at radius 3 is 2.59 bits per heavy atom. The van der Waals surface area contributed by atoms with E-state index in [0.29, 0.717) is 0 Å². The Kier molecular flexibility index (Phi) is 4.07. The van der Waals surface area contributed by atoms with Crippen molar-refractivity contribution in [2.24, 2.45) is 0 Å². The first kappa shape index (κ1) is 15.8. The molecule has 0 atom stereocenters. The van der Waals surface area contributed by atoms with Gasteiger partial charge in [0.15, 0.2) is 11.6 Å². The minimum absolute atomic E-state index is 0.0358. The van der Waals surface area contributed by atoms with Crippen LogP contribution in [0.2, 0.25) is 0 Å². The number of rotatable bonds is 3. The van der Waals surface area contributed by atoms with Gasteiger partial charge in [-0.15, -0.1) is 0 Å². The summed E-state index contributed by atoms with van der Waals surface area (Å²) in [4.78, 5) is 23.1. The van der Waals surface area contributed by atoms with Gasteiger partial charge in [-0.1, -0.05) is 0 Å². The maximum Gasteiger partial charge on any atom is 0.346 e. The maximum atomic E-state index is 13.8. The number of fused-ring (bicyclic) bond motifs is 1. The lowest BCUT2D eigenvalue weighted by molar-refractivity contribution is -0.152. The summed E-state index contributed by atoms with van der Waals surface area (Å²) in [5, 5.41) is 9.15. The number of ether oxygens (including phenoxy) is 3. The number of hydrogen-bond acceptors (Lipinski definition) is 5. The molecule has 1 heterocycles. The van der Waals surface area contributed by atoms with Crippen LogP contribution in [0, 0.1) is 5.82 Å². The molecule has 0 unspecified atom stereocenters. The SMILES string of the molecule is CC(C)(C)OC(=O)C(=Cc1cc(F)c2c(c1)OCO2)C(=O)O. The van der Waals surface area contributed by atoms with Crippen LogP contribution in [0.4, 0.5) is 4.39 Å². The second kappa shape index (κ2) is 5.67. The zero-order valence-corrected chi connectivity index (χ0v) is 12.3. The van der Waals surface area contributed by atoms with Crippen molar-refractivity contribution in [1.29, 1.82) is 0 Å². The molecule has 1 aliphatic heterocycles. The molecule has 0 bridgehead atoms. The van der Waals surface area contributed by atoms with Crippen molar-refractivity contribution >= 4 is 18.0 Å². The predicted molar refractivity (Wildman–Crippen MR) is 74.0 cm³/mol. The highest BCUT2D eigenvalue weighted by atomic mass is 19.1. The summed E-state index contributed by atoms with van der Waals surface area (Å²) in [6.45, 7) is 4.73. The molecule has 0 spiro atoms. The fourth-order valence-electron chi connectivity index (χ4n) is 1.78. The molecule has 1 N–H and O–H groups in total. The van der Waals surface area contributed by atoms with Crippen molar-refractivity contribution < 1.29 is 33.3 Å². The molecule has 0 saturated heterocycles. The van der Waals surface area contributed by atoms with Crippen LogP contribution >= 0.6 is 0 Å². The van der Waals surface area contributed by atoms with Crippen molar-refractivity contribution in [3.63, 3.8) is 0 Å². The lowest BCUT2D eigenvalue weighted by Crippen LogP contribution is -2.27. The summed E-state index contributed by atoms with van der Waals surface area (Å²) in [6.07, 6.45) is 1.03. The third-order valence-corrected chi connectivity index (χ3v) is 2.61. The minimum Gasteiger partial charge on any atom is -0.477 e. The fourth-order valence-corrected chi connectivity index (χ4v) is 1.78. The molecule has 0 aliphatic carbocycles. The topological polar surface area (TPSA) is 82.1 Å². The van der Waals surface area contributed by atoms with Crippen LogP contribution in [-0.4, -0.2) is 29.4 Å². The van der Waals surface area contributed by atoms with Gasteiger partial charge >= 0.3 is 11.9 Å². The number of benzene rings is 1. The zero-order chi connectivity index (χ0) is 16.5. The van der Waals surface area contributed by atoms with Gasteiger partial charge in [0.2, 0.25) is 12.5 Å². The van der Waals surface area contributed by atoms with Crippen molar-refractivity contribution in [3.05, 3.63) is 29.1 Å². The Bertz CT molecular complexity index is 657. The molecule has 0 aromatic heterocycles. The van der Waals surface area contributed by atoms with E-state index >= 15 is 0 Å². The monoisotopic (exact) mass is 310 g/mol. The highest BCUT2D eigenvalue weighted by Crippen LogP contribution is 2.36. The van der Waals surface area contributed by atoms with E-state index < -0.39 is 28.9 Å². The van der Waals surface area contributed by atoms with Gasteiger partial charge in [-0.2, -0.15) is 0 Å². The van der Waals surface area contributed by atoms with E-state index in [0.717, 1.165) is 12.1 Å². The van der Waals surface area contributed by atoms with Gasteiger partial charge in [0.1, 0.15) is 11.2 Å². The van der Waals surface area contributed by atoms with Crippen LogP contribution < -0.4 is 9.47 Å². The van der Waals surface area contributed by atoms with Crippen LogP contribution in [0.15, 0.2) is 17.7 Å². The largest absolute Gasteiger partial charge is 0.477 e. The molecule has 0 saturated carbocycles. The number of hydrogen-bond donors (Lipinski definition) is 1. The molecule has 7 heteroatoms. The molecule has 118 valence electrons. The quantitative estimate of drug-likeness (QED) is 0.399. The van der Waals surface area contributed by atoms with E-state index in [1.54, 1.807) is 20.8 Å². The molecule has 2 rings (SSSR count). The van der Waals surface area contributed by atoms with Gasteiger partial charge in [-0.3, -0.25) is 0 Å². The third kappa shape index (κ3) is 3.55. The van der Waals surface area contributed by atoms with Gasteiger partial charge < -0.3 is 19.3 Å². The Morgan fingerprint density at radius 1 is 1.32 bits per heavy atom. The van der Waals surface area contributed by atoms with E-state index in [4.69, 9.17) is 19.3 Å². The van der Waals surface area contributed by atoms with Crippen molar-refractivity contribution in [2.75, 3.05) is 6.79 Å². The Balaban J connectivity index is 2.37. The first-order valence-corrected chi connectivity index (χ1v) is 6.45. The summed E-state index contributed by atoms with van der Waals surface area (Å²) in [7, 11) is 0. The summed E-state index contributed by atoms with van der Waals surface area (Å²) >= 11 is 0. The van der Waals surface area contributed by atoms with E-state index in [1.165, 1.54) is 6.07 Å². The number of esters is 1. The number of carbonyl (C=O) groups excluding carboxylic acids is 1. The average Bonchev–Trinajstić information content (AvgIpc) is 2.82. The highest BCUT2D eigenvalue weighted by Gasteiger charge is 2.25. The number of aliphatic carboxylic acids is 1. The van der Waals surface area contributed by atoms with Crippen LogP contribution in [0.1, 0.15) is 26.3 Å². The predicted octanol–water partition coefficient (Wildman–Crippen LogP) is 2.36. The first-order valence-electron chi connectivity index (χ1n) is 6.45. The minimum atomic E-state index is -1.47. The van der Waals surface area contributed by atoms with Crippen LogP contribution in [0.25, 0.3) is 6.08 Å². The Hall–Kier alpha value is -2.57. The highest BCUT2D eigenvalue weighted by molar-refractivity contribution is 6.17. The Labute approximate surface area is 126 Å². The van der Waals surface area contributed by atoms with Crippen LogP contribution in [0.5, 0.6) is 11.5 Å². The van der Waals surface area contributed by atoms with Crippen molar-refractivity contribution in [2.45, 2.75) is 26.4 Å². The number of carbonyl (C=O) groups is 2. The van der Waals surface area contributed by atoms with Crippen molar-refractivity contribution in [1.82, 2.24) is 0 Å². The van der Waals surface area contributed by atoms with Crippen LogP contribution in [0.3, 0.4) is 0 Å². The van der Waals surface area contributed by atoms with Gasteiger partial charge in [-0.25, -0.2) is 14.0 Å². The zero-order valence-electron chi connectivity index (χ0n) is 12.3. The molecule has 1 aromatic rings. The normalized spacial score (nSPS) is 13.9. The molecule has 6 nitrogen and oxygen atoms in total. The Morgan fingerprint density at radius 2 is 2.00 bits per heavy atom. The molecular weight excluding hydrogens is 295 g/mol. The number of carboxylic acids is 1. The number of carboxylic acid groups (broad SMARTS) is 1. The first-order chi connectivity index (χ1) is 10.2. The molecule has 1 aliphatic rings. The lowest BCUT2D eigenvalue weighted by Gasteiger charge is -2.19. The molecule has 22 heavy (non-hydrogen) atoms. The van der Waals surface area contributed by atoms with Gasteiger partial charge in [0, 0.05) is 0 Å². The molecular formula is C15H15FO6. The second-order valence-corrected chi connectivity index (χ2v) is 5.60. The average molecular weight is 310 g/mol. The van der Waals surface area contributed by atoms with Gasteiger partial charge in [0.05, 0.1) is 0 Å². The van der Waals surface area contributed by atoms with E-state index in [-0.39, 0.29) is 23.9 Å². The standard InChI is InChI=1S/C15H15FO6/c1-15(2,3)22-14(19)9(13(17)18)4-8-5-10(16)12-11(6-8)20-7-21-12/h4-6H,7H2,1-3H3,(H,17,18). The molecule has 0 fully saturated rings. The molecule has 0 radical (unpaired) electrons. The summed E-state index contributed by atoms with van der Waals surface area (Å²) in [5.41, 5.74) is -1.29. The lowest BCUT2D eigenvalue weighted by atomic mass is 10.1. The fraction of sp³-hybridized carbons (Fsp3) is 0.333. The summed E-state index contributed by atoms with van der Waals surface area (Å²) in [5.74, 6) is -3.05. The second-order valence-electron chi connectivity index (χ2n) is 5.60. The molecule has 1 aromatic carbocycles. The van der Waals surface area contributed by atoms with E-state index in [2.05, 4.69) is 0 Å². The number of halogens is 1. The van der Waals surface area contributed by atoms with E-state index in [9.17, 15) is 14.0 Å². The van der Waals surface area contributed by atoms with Crippen molar-refractivity contribution in [3.8, 4) is 11.5 Å². The van der Waals surface area contributed by atoms with E-state index in [1.807, 2.05) is 0 Å². The maximum absolute atomic E-state index is 13.8. The van der Waals surface area contributed by atoms with Gasteiger partial charge in [-0.05, 0) is 44.5 Å². The third-order valence-electron chi connectivity index (χ3n) is 2.61. The smallest absolute Gasteiger partial charge is 0.346 e. The summed E-state index contributed by atoms with van der Waals surface area (Å²) < 4.78 is 28.8. The van der Waals surface area contributed by atoms with Gasteiger partial charge in [0.25, 0.3) is 0 Å². The summed E-state index contributed by atoms with van der Waals surface area (Å²) in [6, 6.07) is 2.44. The molecule has 0 amide bonds. The van der Waals surface area contributed by atoms with Crippen LogP contribution in [-0.2, 0) is 14.3 Å².